The van der Waals surface area contributed by atoms with Crippen molar-refractivity contribution in [2.24, 2.45) is 0 Å². The smallest absolute Gasteiger partial charge is 0.276 e. The Morgan fingerprint density at radius 3 is 2.50 bits per heavy atom. The second-order valence-corrected chi connectivity index (χ2v) is 5.53. The van der Waals surface area contributed by atoms with E-state index in [-0.39, 0.29) is 6.61 Å². The number of halogens is 1. The van der Waals surface area contributed by atoms with Crippen LogP contribution in [-0.2, 0) is 4.79 Å². The maximum atomic E-state index is 11.8. The molecule has 0 fully saturated rings. The monoisotopic (exact) mass is 362 g/mol. The number of hydrogen-bond donors (Lipinski definition) is 2. The van der Waals surface area contributed by atoms with Crippen LogP contribution in [0.5, 0.6) is 5.75 Å². The van der Waals surface area contributed by atoms with Gasteiger partial charge in [0.1, 0.15) is 5.75 Å². The molecule has 0 spiro atoms. The highest BCUT2D eigenvalue weighted by Crippen LogP contribution is 2.12. The van der Waals surface area contributed by atoms with Crippen molar-refractivity contribution in [1.82, 2.24) is 10.9 Å². The second-order valence-electron chi connectivity index (χ2n) is 4.61. The number of rotatable bonds is 4. The highest BCUT2D eigenvalue weighted by Gasteiger charge is 2.08. The van der Waals surface area contributed by atoms with Crippen molar-refractivity contribution in [1.29, 1.82) is 0 Å². The van der Waals surface area contributed by atoms with Crippen molar-refractivity contribution in [2.45, 2.75) is 6.92 Å². The SMILES string of the molecule is Cc1ccc(OCC(=O)NNC(=O)c2cccc(Br)c2)cc1. The summed E-state index contributed by atoms with van der Waals surface area (Å²) in [5.74, 6) is -0.243. The zero-order valence-electron chi connectivity index (χ0n) is 11.9. The van der Waals surface area contributed by atoms with E-state index in [1.165, 1.54) is 0 Å². The molecule has 5 nitrogen and oxygen atoms in total. The molecule has 0 saturated carbocycles. The maximum absolute atomic E-state index is 11.8. The minimum Gasteiger partial charge on any atom is -0.484 e. The van der Waals surface area contributed by atoms with Crippen LogP contribution in [-0.4, -0.2) is 18.4 Å². The average Bonchev–Trinajstić information content (AvgIpc) is 2.52. The lowest BCUT2D eigenvalue weighted by Crippen LogP contribution is -2.43. The van der Waals surface area contributed by atoms with Crippen LogP contribution in [0.4, 0.5) is 0 Å². The van der Waals surface area contributed by atoms with Crippen LogP contribution in [0.2, 0.25) is 0 Å². The Balaban J connectivity index is 1.78. The molecular formula is C16H15BrN2O3. The Morgan fingerprint density at radius 2 is 1.82 bits per heavy atom. The van der Waals surface area contributed by atoms with Gasteiger partial charge in [-0.05, 0) is 37.3 Å². The summed E-state index contributed by atoms with van der Waals surface area (Å²) in [7, 11) is 0. The van der Waals surface area contributed by atoms with Gasteiger partial charge in [-0.1, -0.05) is 39.7 Å². The molecule has 0 bridgehead atoms. The topological polar surface area (TPSA) is 67.4 Å². The van der Waals surface area contributed by atoms with Crippen molar-refractivity contribution in [3.8, 4) is 5.75 Å². The first-order valence-electron chi connectivity index (χ1n) is 6.59. The van der Waals surface area contributed by atoms with Crippen molar-refractivity contribution in [3.63, 3.8) is 0 Å². The highest BCUT2D eigenvalue weighted by atomic mass is 79.9. The molecule has 0 unspecified atom stereocenters. The fraction of sp³-hybridized carbons (Fsp3) is 0.125. The zero-order valence-corrected chi connectivity index (χ0v) is 13.5. The van der Waals surface area contributed by atoms with Crippen LogP contribution < -0.4 is 15.6 Å². The third kappa shape index (κ3) is 4.89. The Bertz CT molecular complexity index is 671. The molecule has 2 amide bonds. The number of ether oxygens (including phenoxy) is 1. The summed E-state index contributed by atoms with van der Waals surface area (Å²) in [6.07, 6.45) is 0. The summed E-state index contributed by atoms with van der Waals surface area (Å²) in [5, 5.41) is 0. The summed E-state index contributed by atoms with van der Waals surface area (Å²) in [6.45, 7) is 1.79. The minimum absolute atomic E-state index is 0.179. The van der Waals surface area contributed by atoms with Crippen LogP contribution >= 0.6 is 15.9 Å². The van der Waals surface area contributed by atoms with Gasteiger partial charge < -0.3 is 4.74 Å². The van der Waals surface area contributed by atoms with Gasteiger partial charge in [0.25, 0.3) is 11.8 Å². The first kappa shape index (κ1) is 16.0. The predicted molar refractivity (Wildman–Crippen MR) is 86.4 cm³/mol. The van der Waals surface area contributed by atoms with Gasteiger partial charge in [0.15, 0.2) is 6.61 Å². The number of hydrazine groups is 1. The molecule has 0 aliphatic carbocycles. The molecule has 0 saturated heterocycles. The predicted octanol–water partition coefficient (Wildman–Crippen LogP) is 2.60. The van der Waals surface area contributed by atoms with Gasteiger partial charge in [-0.25, -0.2) is 0 Å². The Morgan fingerprint density at radius 1 is 1.09 bits per heavy atom. The maximum Gasteiger partial charge on any atom is 0.276 e. The number of carbonyl (C=O) groups excluding carboxylic acids is 2. The third-order valence-corrected chi connectivity index (χ3v) is 3.29. The molecule has 6 heteroatoms. The molecule has 0 radical (unpaired) electrons. The lowest BCUT2D eigenvalue weighted by atomic mass is 10.2. The third-order valence-electron chi connectivity index (χ3n) is 2.79. The molecule has 2 aromatic carbocycles. The Hall–Kier alpha value is -2.34. The molecule has 22 heavy (non-hydrogen) atoms. The summed E-state index contributed by atoms with van der Waals surface area (Å²) in [6, 6.07) is 14.2. The zero-order chi connectivity index (χ0) is 15.9. The minimum atomic E-state index is -0.441. The van der Waals surface area contributed by atoms with Crippen molar-refractivity contribution in [3.05, 3.63) is 64.1 Å². The molecule has 0 aliphatic rings. The van der Waals surface area contributed by atoms with Gasteiger partial charge in [0, 0.05) is 10.0 Å². The van der Waals surface area contributed by atoms with Gasteiger partial charge in [-0.15, -0.1) is 0 Å². The van der Waals surface area contributed by atoms with Crippen LogP contribution in [0.1, 0.15) is 15.9 Å². The number of amides is 2. The normalized spacial score (nSPS) is 9.91. The number of nitrogens with one attached hydrogen (secondary N) is 2. The van der Waals surface area contributed by atoms with Crippen LogP contribution in [0.15, 0.2) is 53.0 Å². The molecule has 2 N–H and O–H groups in total. The lowest BCUT2D eigenvalue weighted by molar-refractivity contribution is -0.123. The second kappa shape index (κ2) is 7.61. The molecule has 2 rings (SSSR count). The van der Waals surface area contributed by atoms with Crippen LogP contribution in [0.3, 0.4) is 0 Å². The molecular weight excluding hydrogens is 348 g/mol. The van der Waals surface area contributed by atoms with E-state index in [1.54, 1.807) is 30.3 Å². The largest absolute Gasteiger partial charge is 0.484 e. The van der Waals surface area contributed by atoms with E-state index in [0.717, 1.165) is 10.0 Å². The van der Waals surface area contributed by atoms with E-state index in [4.69, 9.17) is 4.74 Å². The van der Waals surface area contributed by atoms with Gasteiger partial charge in [-0.3, -0.25) is 20.4 Å². The summed E-state index contributed by atoms with van der Waals surface area (Å²) < 4.78 is 6.10. The fourth-order valence-electron chi connectivity index (χ4n) is 1.65. The fourth-order valence-corrected chi connectivity index (χ4v) is 2.05. The summed E-state index contributed by atoms with van der Waals surface area (Å²) >= 11 is 3.28. The number of aryl methyl sites for hydroxylation is 1. The van der Waals surface area contributed by atoms with E-state index in [2.05, 4.69) is 26.8 Å². The Labute approximate surface area is 136 Å². The molecule has 0 aromatic heterocycles. The van der Waals surface area contributed by atoms with Crippen LogP contribution in [0, 0.1) is 6.92 Å². The van der Waals surface area contributed by atoms with E-state index in [0.29, 0.717) is 11.3 Å². The van der Waals surface area contributed by atoms with E-state index < -0.39 is 11.8 Å². The highest BCUT2D eigenvalue weighted by molar-refractivity contribution is 9.10. The lowest BCUT2D eigenvalue weighted by Gasteiger charge is -2.09. The van der Waals surface area contributed by atoms with Crippen LogP contribution in [0.25, 0.3) is 0 Å². The van der Waals surface area contributed by atoms with Gasteiger partial charge in [0.05, 0.1) is 0 Å². The molecule has 0 aliphatic heterocycles. The average molecular weight is 363 g/mol. The first-order chi connectivity index (χ1) is 10.5. The van der Waals surface area contributed by atoms with Crippen molar-refractivity contribution in [2.75, 3.05) is 6.61 Å². The van der Waals surface area contributed by atoms with E-state index >= 15 is 0 Å². The molecule has 2 aromatic rings. The van der Waals surface area contributed by atoms with E-state index in [9.17, 15) is 9.59 Å². The van der Waals surface area contributed by atoms with Crippen molar-refractivity contribution >= 4 is 27.7 Å². The standard InChI is InChI=1S/C16H15BrN2O3/c1-11-5-7-14(8-6-11)22-10-15(20)18-19-16(21)12-3-2-4-13(17)9-12/h2-9H,10H2,1H3,(H,18,20)(H,19,21). The number of carbonyl (C=O) groups is 2. The summed E-state index contributed by atoms with van der Waals surface area (Å²) in [4.78, 5) is 23.5. The van der Waals surface area contributed by atoms with E-state index in [1.807, 2.05) is 25.1 Å². The van der Waals surface area contributed by atoms with Gasteiger partial charge >= 0.3 is 0 Å². The molecule has 114 valence electrons. The Kier molecular flexibility index (Phi) is 5.55. The molecule has 0 heterocycles. The van der Waals surface area contributed by atoms with Gasteiger partial charge in [0.2, 0.25) is 0 Å². The van der Waals surface area contributed by atoms with Gasteiger partial charge in [-0.2, -0.15) is 0 Å². The number of hydrogen-bond acceptors (Lipinski definition) is 3. The summed E-state index contributed by atoms with van der Waals surface area (Å²) in [5.41, 5.74) is 6.18. The quantitative estimate of drug-likeness (QED) is 0.821. The van der Waals surface area contributed by atoms with Crippen molar-refractivity contribution < 1.29 is 14.3 Å². The number of benzene rings is 2. The molecule has 0 atom stereocenters. The first-order valence-corrected chi connectivity index (χ1v) is 7.38.